The number of aromatic nitrogens is 6. The fraction of sp³-hybridized carbons (Fsp3) is 0.0800. The molecule has 0 aliphatic carbocycles. The molecule has 0 fully saturated rings. The molecule has 8 rings (SSSR count). The van der Waals surface area contributed by atoms with Crippen molar-refractivity contribution in [3.8, 4) is 22.3 Å². The second-order valence-electron chi connectivity index (χ2n) is 14.9. The minimum atomic E-state index is -3.40. The highest BCUT2D eigenvalue weighted by atomic mass is 32.2. The second-order valence-corrected chi connectivity index (χ2v) is 19.1. The lowest BCUT2D eigenvalue weighted by Gasteiger charge is -2.17. The van der Waals surface area contributed by atoms with Gasteiger partial charge in [0.05, 0.1) is 22.4 Å². The maximum absolute atomic E-state index is 14.3. The fourth-order valence-corrected chi connectivity index (χ4v) is 7.27. The summed E-state index contributed by atoms with van der Waals surface area (Å²) >= 11 is 0. The van der Waals surface area contributed by atoms with Crippen molar-refractivity contribution >= 4 is 65.2 Å². The van der Waals surface area contributed by atoms with Crippen LogP contribution in [0.5, 0.6) is 0 Å². The Kier molecular flexibility index (Phi) is 15.8. The molecular formula is C50H40F2N6O8S2. The molecule has 0 unspecified atom stereocenters. The van der Waals surface area contributed by atoms with Crippen LogP contribution >= 0.6 is 0 Å². The number of nitrogens with zero attached hydrogens (tertiary/aromatic N) is 5. The summed E-state index contributed by atoms with van der Waals surface area (Å²) in [6.45, 7) is 2.87. The third-order valence-corrected chi connectivity index (χ3v) is 11.4. The Labute approximate surface area is 388 Å². The van der Waals surface area contributed by atoms with Crippen LogP contribution in [0.1, 0.15) is 31.8 Å². The van der Waals surface area contributed by atoms with Crippen LogP contribution in [0, 0.1) is 11.6 Å². The van der Waals surface area contributed by atoms with E-state index in [1.165, 1.54) is 90.3 Å². The summed E-state index contributed by atoms with van der Waals surface area (Å²) in [6.07, 6.45) is 16.6. The first-order valence-electron chi connectivity index (χ1n) is 20.2. The van der Waals surface area contributed by atoms with Gasteiger partial charge in [-0.15, -0.1) is 0 Å². The largest absolute Gasteiger partial charge is 0.321 e. The number of rotatable bonds is 12. The number of pyridine rings is 2. The smallest absolute Gasteiger partial charge is 0.262 e. The number of sulfone groups is 2. The number of hydrogen-bond acceptors (Lipinski definition) is 12. The molecule has 0 amide bonds. The topological polar surface area (TPSA) is 209 Å². The summed E-state index contributed by atoms with van der Waals surface area (Å²) in [4.78, 5) is 70.9. The van der Waals surface area contributed by atoms with Crippen molar-refractivity contribution in [2.24, 2.45) is 0 Å². The molecule has 0 saturated carbocycles. The molecule has 0 radical (unpaired) electrons. The number of benzene rings is 4. The van der Waals surface area contributed by atoms with Crippen molar-refractivity contribution in [3.05, 3.63) is 213 Å². The van der Waals surface area contributed by atoms with Crippen LogP contribution in [0.3, 0.4) is 0 Å². The number of ketones is 2. The lowest BCUT2D eigenvalue weighted by atomic mass is 9.93. The Balaban J connectivity index is 0.000000203. The Hall–Kier alpha value is -8.22. The standard InChI is InChI=1S/C25H20FN3O4S.C22H14FN3O2.C3H6O2S/c1-34(32,33)12-11-29-21-9-8-19(26)13-20(21)23(18-5-3-2-4-6-18)24(25(29)31)22(30)10-7-17-14-27-16-28-15-17;23-16-7-8-18-17(10-16)20(15-4-2-1-3-5-15)21(22(28)26-18)19(27)9-6-14-11-24-13-25-12-14;1-3-6(2,4)5/h2-10,13-16H,11-12H2,1H3;1-13H,(H,26,28);3H,1H2,2H3/b10-7+;9-6+;. The summed E-state index contributed by atoms with van der Waals surface area (Å²) < 4.78 is 72.9. The van der Waals surface area contributed by atoms with Crippen molar-refractivity contribution in [2.45, 2.75) is 6.54 Å². The number of nitrogens with one attached hydrogen (secondary N) is 1. The van der Waals surface area contributed by atoms with Gasteiger partial charge in [-0.2, -0.15) is 0 Å². The maximum Gasteiger partial charge on any atom is 0.262 e. The maximum atomic E-state index is 14.3. The van der Waals surface area contributed by atoms with Gasteiger partial charge in [-0.25, -0.2) is 45.6 Å². The van der Waals surface area contributed by atoms with Crippen LogP contribution < -0.4 is 11.1 Å². The first-order valence-corrected chi connectivity index (χ1v) is 24.2. The predicted molar refractivity (Wildman–Crippen MR) is 259 cm³/mol. The van der Waals surface area contributed by atoms with Gasteiger partial charge < -0.3 is 9.55 Å². The predicted octanol–water partition coefficient (Wildman–Crippen LogP) is 7.73. The quantitative estimate of drug-likeness (QED) is 0.0922. The number of carbonyl (C=O) groups excluding carboxylic acids is 2. The van der Waals surface area contributed by atoms with Gasteiger partial charge in [0.15, 0.2) is 21.4 Å². The molecule has 4 aromatic heterocycles. The van der Waals surface area contributed by atoms with E-state index in [1.54, 1.807) is 67.0 Å². The van der Waals surface area contributed by atoms with Crippen LogP contribution in [0.15, 0.2) is 168 Å². The molecule has 18 heteroatoms. The molecule has 1 N–H and O–H groups in total. The first-order chi connectivity index (χ1) is 32.4. The molecule has 344 valence electrons. The number of allylic oxidation sites excluding steroid dienone is 2. The van der Waals surface area contributed by atoms with E-state index in [2.05, 4.69) is 31.5 Å². The highest BCUT2D eigenvalue weighted by Crippen LogP contribution is 2.33. The normalized spacial score (nSPS) is 11.5. The van der Waals surface area contributed by atoms with Gasteiger partial charge in [-0.05, 0) is 71.8 Å². The molecule has 0 aliphatic rings. The Morgan fingerprint density at radius 3 is 1.60 bits per heavy atom. The molecule has 0 aliphatic heterocycles. The van der Waals surface area contributed by atoms with Gasteiger partial charge in [-0.3, -0.25) is 19.2 Å². The van der Waals surface area contributed by atoms with E-state index < -0.39 is 54.0 Å². The number of carbonyl (C=O) groups is 2. The van der Waals surface area contributed by atoms with Gasteiger partial charge in [0, 0.05) is 87.8 Å². The molecule has 14 nitrogen and oxygen atoms in total. The SMILES string of the molecule is C=CS(C)(=O)=O.CS(=O)(=O)CCn1c(=O)c(C(=O)/C=C/c2cncnc2)c(-c2ccccc2)c2cc(F)ccc21.O=C(/C=C/c1cncnc1)c1c(-c2ccccc2)c2cc(F)ccc2[nH]c1=O. The minimum absolute atomic E-state index is 0.0441. The Morgan fingerprint density at radius 2 is 1.12 bits per heavy atom. The van der Waals surface area contributed by atoms with Crippen LogP contribution in [0.25, 0.3) is 56.2 Å². The molecule has 8 aromatic rings. The van der Waals surface area contributed by atoms with Gasteiger partial charge in [0.1, 0.15) is 34.1 Å². The summed E-state index contributed by atoms with van der Waals surface area (Å²) in [7, 11) is -6.30. The molecule has 0 bridgehead atoms. The molecule has 0 spiro atoms. The van der Waals surface area contributed by atoms with Crippen molar-refractivity contribution in [2.75, 3.05) is 18.3 Å². The number of aromatic amines is 1. The van der Waals surface area contributed by atoms with E-state index in [4.69, 9.17) is 0 Å². The van der Waals surface area contributed by atoms with E-state index >= 15 is 0 Å². The summed E-state index contributed by atoms with van der Waals surface area (Å²) in [6, 6.07) is 25.7. The van der Waals surface area contributed by atoms with Crippen LogP contribution in [0.2, 0.25) is 0 Å². The highest BCUT2D eigenvalue weighted by molar-refractivity contribution is 7.93. The van der Waals surface area contributed by atoms with Gasteiger partial charge in [-0.1, -0.05) is 67.2 Å². The molecule has 4 aromatic carbocycles. The summed E-state index contributed by atoms with van der Waals surface area (Å²) in [5.41, 5.74) is 2.48. The molecule has 4 heterocycles. The Bertz CT molecular complexity index is 3560. The number of aryl methyl sites for hydroxylation is 1. The summed E-state index contributed by atoms with van der Waals surface area (Å²) in [5, 5.41) is 1.71. The zero-order chi connectivity index (χ0) is 49.0. The fourth-order valence-electron chi connectivity index (χ4n) is 6.75. The van der Waals surface area contributed by atoms with Crippen molar-refractivity contribution in [1.82, 2.24) is 29.5 Å². The number of H-pyrrole nitrogens is 1. The van der Waals surface area contributed by atoms with Crippen molar-refractivity contribution in [3.63, 3.8) is 0 Å². The lowest BCUT2D eigenvalue weighted by Crippen LogP contribution is -2.30. The number of hydrogen-bond donors (Lipinski definition) is 1. The lowest BCUT2D eigenvalue weighted by molar-refractivity contribution is 0.103. The molecule has 68 heavy (non-hydrogen) atoms. The number of fused-ring (bicyclic) bond motifs is 2. The third kappa shape index (κ3) is 12.8. The average molecular weight is 955 g/mol. The first kappa shape index (κ1) is 49.2. The van der Waals surface area contributed by atoms with Crippen LogP contribution in [-0.2, 0) is 26.2 Å². The van der Waals surface area contributed by atoms with Gasteiger partial charge in [0.25, 0.3) is 11.1 Å². The molecule has 0 saturated heterocycles. The zero-order valence-electron chi connectivity index (χ0n) is 36.3. The van der Waals surface area contributed by atoms with Crippen molar-refractivity contribution < 1.29 is 35.2 Å². The van der Waals surface area contributed by atoms with E-state index in [0.717, 1.165) is 17.9 Å². The third-order valence-electron chi connectivity index (χ3n) is 9.83. The second kappa shape index (κ2) is 21.8. The van der Waals surface area contributed by atoms with Gasteiger partial charge >= 0.3 is 0 Å². The molecular weight excluding hydrogens is 915 g/mol. The molecule has 0 atom stereocenters. The van der Waals surface area contributed by atoms with E-state index in [-0.39, 0.29) is 29.0 Å². The summed E-state index contributed by atoms with van der Waals surface area (Å²) in [5.74, 6) is -2.41. The average Bonchev–Trinajstić information content (AvgIpc) is 3.32. The highest BCUT2D eigenvalue weighted by Gasteiger charge is 2.24. The number of halogens is 2. The monoisotopic (exact) mass is 954 g/mol. The minimum Gasteiger partial charge on any atom is -0.321 e. The Morgan fingerprint density at radius 1 is 0.662 bits per heavy atom. The van der Waals surface area contributed by atoms with Crippen LogP contribution in [0.4, 0.5) is 8.78 Å². The van der Waals surface area contributed by atoms with E-state index in [1.807, 2.05) is 6.07 Å². The van der Waals surface area contributed by atoms with Gasteiger partial charge in [0.2, 0.25) is 0 Å². The van der Waals surface area contributed by atoms with Crippen LogP contribution in [-0.4, -0.2) is 76.2 Å². The van der Waals surface area contributed by atoms with E-state index in [9.17, 15) is 44.8 Å². The van der Waals surface area contributed by atoms with Crippen molar-refractivity contribution in [1.29, 1.82) is 0 Å². The van der Waals surface area contributed by atoms with E-state index in [0.29, 0.717) is 49.6 Å². The zero-order valence-corrected chi connectivity index (χ0v) is 37.9.